The van der Waals surface area contributed by atoms with Gasteiger partial charge in [-0.05, 0) is 45.6 Å². The van der Waals surface area contributed by atoms with Crippen LogP contribution in [0, 0.1) is 13.8 Å². The molecule has 0 radical (unpaired) electrons. The van der Waals surface area contributed by atoms with E-state index in [0.29, 0.717) is 19.0 Å². The Balaban J connectivity index is 1.40. The molecule has 2 aliphatic rings. The van der Waals surface area contributed by atoms with Crippen LogP contribution in [0.3, 0.4) is 0 Å². The number of likely N-dealkylation sites (tertiary alicyclic amines) is 1. The van der Waals surface area contributed by atoms with Gasteiger partial charge in [-0.25, -0.2) is 9.97 Å². The minimum absolute atomic E-state index is 0.0620. The Labute approximate surface area is 190 Å². The van der Waals surface area contributed by atoms with Crippen LogP contribution in [0.2, 0.25) is 0 Å². The molecule has 2 atom stereocenters. The maximum absolute atomic E-state index is 13.0. The molecule has 2 amide bonds. The fraction of sp³-hybridized carbons (Fsp3) is 0.538. The van der Waals surface area contributed by atoms with Gasteiger partial charge < -0.3 is 10.2 Å². The third-order valence-corrected chi connectivity index (χ3v) is 7.03. The molecule has 1 aliphatic heterocycles. The van der Waals surface area contributed by atoms with Crippen molar-refractivity contribution in [3.8, 4) is 0 Å². The van der Waals surface area contributed by atoms with Gasteiger partial charge in [0.2, 0.25) is 11.8 Å². The second kappa shape index (κ2) is 9.80. The Bertz CT molecular complexity index is 946. The van der Waals surface area contributed by atoms with Gasteiger partial charge in [0.05, 0.1) is 12.3 Å². The van der Waals surface area contributed by atoms with Crippen molar-refractivity contribution in [1.29, 1.82) is 0 Å². The molecule has 1 aliphatic carbocycles. The number of hydrogen-bond donors (Lipinski definition) is 1. The maximum atomic E-state index is 13.0. The number of carbonyl (C=O) groups is 2. The first kappa shape index (κ1) is 22.4. The lowest BCUT2D eigenvalue weighted by Gasteiger charge is -2.21. The molecule has 0 spiro atoms. The number of aryl methyl sites for hydroxylation is 2. The number of amides is 2. The van der Waals surface area contributed by atoms with Gasteiger partial charge in [0, 0.05) is 42.0 Å². The molecule has 2 fully saturated rings. The summed E-state index contributed by atoms with van der Waals surface area (Å²) in [6.45, 7) is 7.28. The summed E-state index contributed by atoms with van der Waals surface area (Å²) in [6, 6.07) is 10.3. The number of aromatic nitrogens is 2. The number of nitrogens with zero attached hydrogens (tertiary/aromatic N) is 3. The summed E-state index contributed by atoms with van der Waals surface area (Å²) in [5, 5.41) is 3.16. The summed E-state index contributed by atoms with van der Waals surface area (Å²) in [5.74, 6) is 1.00. The number of nitrogens with one attached hydrogen (secondary N) is 1. The summed E-state index contributed by atoms with van der Waals surface area (Å²) in [5.41, 5.74) is 3.71. The van der Waals surface area contributed by atoms with E-state index < -0.39 is 0 Å². The van der Waals surface area contributed by atoms with E-state index in [1.165, 1.54) is 12.8 Å². The highest BCUT2D eigenvalue weighted by molar-refractivity contribution is 5.83. The summed E-state index contributed by atoms with van der Waals surface area (Å²) >= 11 is 0. The van der Waals surface area contributed by atoms with Crippen LogP contribution in [0.25, 0.3) is 0 Å². The zero-order valence-corrected chi connectivity index (χ0v) is 19.4. The molecule has 1 aromatic carbocycles. The molecule has 1 N–H and O–H groups in total. The average Bonchev–Trinajstić information content (AvgIpc) is 3.48. The van der Waals surface area contributed by atoms with Crippen LogP contribution in [-0.4, -0.2) is 45.8 Å². The van der Waals surface area contributed by atoms with Crippen molar-refractivity contribution in [2.75, 3.05) is 13.1 Å². The van der Waals surface area contributed by atoms with Gasteiger partial charge in [-0.15, -0.1) is 0 Å². The lowest BCUT2D eigenvalue weighted by molar-refractivity contribution is -0.131. The minimum Gasteiger partial charge on any atom is -0.353 e. The molecule has 2 aromatic rings. The Morgan fingerprint density at radius 1 is 1.06 bits per heavy atom. The van der Waals surface area contributed by atoms with Gasteiger partial charge in [-0.2, -0.15) is 0 Å². The summed E-state index contributed by atoms with van der Waals surface area (Å²) in [4.78, 5) is 37.0. The molecule has 1 saturated carbocycles. The molecular weight excluding hydrogens is 400 g/mol. The van der Waals surface area contributed by atoms with Crippen LogP contribution in [0.1, 0.15) is 79.2 Å². The van der Waals surface area contributed by atoms with E-state index in [9.17, 15) is 9.59 Å². The topological polar surface area (TPSA) is 75.2 Å². The lowest BCUT2D eigenvalue weighted by atomic mass is 10.00. The van der Waals surface area contributed by atoms with Crippen molar-refractivity contribution in [3.05, 3.63) is 58.7 Å². The predicted octanol–water partition coefficient (Wildman–Crippen LogP) is 3.81. The normalized spacial score (nSPS) is 19.8. The van der Waals surface area contributed by atoms with Crippen molar-refractivity contribution in [2.45, 2.75) is 77.2 Å². The monoisotopic (exact) mass is 434 g/mol. The van der Waals surface area contributed by atoms with Gasteiger partial charge >= 0.3 is 0 Å². The van der Waals surface area contributed by atoms with E-state index in [4.69, 9.17) is 9.97 Å². The Hall–Kier alpha value is -2.76. The van der Waals surface area contributed by atoms with E-state index in [1.807, 2.05) is 56.0 Å². The summed E-state index contributed by atoms with van der Waals surface area (Å²) in [6.07, 6.45) is 5.77. The number of rotatable bonds is 6. The van der Waals surface area contributed by atoms with E-state index >= 15 is 0 Å². The molecule has 2 heterocycles. The molecule has 32 heavy (non-hydrogen) atoms. The Morgan fingerprint density at radius 2 is 1.72 bits per heavy atom. The van der Waals surface area contributed by atoms with Crippen molar-refractivity contribution < 1.29 is 9.59 Å². The summed E-state index contributed by atoms with van der Waals surface area (Å²) < 4.78 is 0. The van der Waals surface area contributed by atoms with Crippen molar-refractivity contribution >= 4 is 11.8 Å². The van der Waals surface area contributed by atoms with Crippen LogP contribution >= 0.6 is 0 Å². The first-order valence-electron chi connectivity index (χ1n) is 11.9. The fourth-order valence-electron chi connectivity index (χ4n) is 5.04. The molecular formula is C26H34N4O2. The number of hydrogen-bond acceptors (Lipinski definition) is 4. The van der Waals surface area contributed by atoms with Crippen LogP contribution in [0.4, 0.5) is 0 Å². The summed E-state index contributed by atoms with van der Waals surface area (Å²) in [7, 11) is 0. The fourth-order valence-corrected chi connectivity index (χ4v) is 5.04. The van der Waals surface area contributed by atoms with Crippen molar-refractivity contribution in [1.82, 2.24) is 20.2 Å². The molecule has 1 aromatic heterocycles. The zero-order valence-electron chi connectivity index (χ0n) is 19.4. The molecule has 0 bridgehead atoms. The molecule has 6 heteroatoms. The minimum atomic E-state index is -0.153. The second-order valence-electron chi connectivity index (χ2n) is 9.36. The van der Waals surface area contributed by atoms with Crippen LogP contribution in [-0.2, 0) is 16.0 Å². The van der Waals surface area contributed by atoms with Gasteiger partial charge in [0.15, 0.2) is 0 Å². The van der Waals surface area contributed by atoms with Gasteiger partial charge in [0.1, 0.15) is 5.82 Å². The number of benzene rings is 1. The van der Waals surface area contributed by atoms with Gasteiger partial charge in [-0.3, -0.25) is 9.59 Å². The second-order valence-corrected chi connectivity index (χ2v) is 9.36. The zero-order chi connectivity index (χ0) is 22.7. The molecule has 0 unspecified atom stereocenters. The Morgan fingerprint density at radius 3 is 2.38 bits per heavy atom. The van der Waals surface area contributed by atoms with Crippen molar-refractivity contribution in [3.63, 3.8) is 0 Å². The van der Waals surface area contributed by atoms with Crippen LogP contribution in [0.15, 0.2) is 30.3 Å². The highest BCUT2D eigenvalue weighted by Crippen LogP contribution is 2.29. The smallest absolute Gasteiger partial charge is 0.229 e. The highest BCUT2D eigenvalue weighted by Gasteiger charge is 2.32. The molecule has 6 nitrogen and oxygen atoms in total. The van der Waals surface area contributed by atoms with E-state index in [0.717, 1.165) is 54.1 Å². The predicted molar refractivity (Wildman–Crippen MR) is 124 cm³/mol. The molecule has 1 saturated heterocycles. The van der Waals surface area contributed by atoms with Gasteiger partial charge in [-0.1, -0.05) is 43.2 Å². The maximum Gasteiger partial charge on any atom is 0.229 e. The third-order valence-electron chi connectivity index (χ3n) is 7.03. The van der Waals surface area contributed by atoms with E-state index in [2.05, 4.69) is 5.32 Å². The van der Waals surface area contributed by atoms with Crippen molar-refractivity contribution in [2.24, 2.45) is 0 Å². The average molecular weight is 435 g/mol. The van der Waals surface area contributed by atoms with Crippen LogP contribution < -0.4 is 5.32 Å². The number of carbonyl (C=O) groups excluding carboxylic acids is 2. The quantitative estimate of drug-likeness (QED) is 0.750. The first-order valence-corrected chi connectivity index (χ1v) is 11.9. The molecule has 4 rings (SSSR count). The van der Waals surface area contributed by atoms with Crippen LogP contribution in [0.5, 0.6) is 0 Å². The van der Waals surface area contributed by atoms with Gasteiger partial charge in [0.25, 0.3) is 0 Å². The first-order chi connectivity index (χ1) is 15.4. The SMILES string of the molecule is Cc1nc([C@@H]2CCN(C(=O)[C@@H](C)c3ccccc3)C2)nc(C)c1CC(=O)NC1CCCC1. The van der Waals surface area contributed by atoms with E-state index in [1.54, 1.807) is 0 Å². The Kier molecular flexibility index (Phi) is 6.87. The van der Waals surface area contributed by atoms with E-state index in [-0.39, 0.29) is 23.7 Å². The standard InChI is InChI=1S/C26H34N4O2/c1-17(20-9-5-4-6-10-20)26(32)30-14-13-21(16-30)25-27-18(2)23(19(3)28-25)15-24(31)29-22-11-7-8-12-22/h4-6,9-10,17,21-22H,7-8,11-16H2,1-3H3,(H,29,31)/t17-,21+/m0/s1. The third kappa shape index (κ3) is 5.00. The lowest BCUT2D eigenvalue weighted by Crippen LogP contribution is -2.34. The highest BCUT2D eigenvalue weighted by atomic mass is 16.2. The largest absolute Gasteiger partial charge is 0.353 e. The molecule has 170 valence electrons.